The van der Waals surface area contributed by atoms with E-state index >= 15 is 0 Å². The Hall–Kier alpha value is -2.13. The minimum absolute atomic E-state index is 0.0388. The fourth-order valence-corrected chi connectivity index (χ4v) is 4.28. The molecule has 2 heterocycles. The number of amides is 2. The molecule has 2 saturated heterocycles. The Labute approximate surface area is 197 Å². The van der Waals surface area contributed by atoms with Crippen molar-refractivity contribution in [2.75, 3.05) is 46.4 Å². The van der Waals surface area contributed by atoms with Gasteiger partial charge in [0.1, 0.15) is 6.04 Å². The van der Waals surface area contributed by atoms with Gasteiger partial charge in [0.15, 0.2) is 0 Å². The van der Waals surface area contributed by atoms with Crippen LogP contribution in [-0.2, 0) is 19.1 Å². The van der Waals surface area contributed by atoms with E-state index in [9.17, 15) is 19.5 Å². The molecule has 0 bridgehead atoms. The first-order chi connectivity index (χ1) is 15.3. The highest BCUT2D eigenvalue weighted by Crippen LogP contribution is 2.23. The summed E-state index contributed by atoms with van der Waals surface area (Å²) >= 11 is 11.9. The van der Waals surface area contributed by atoms with Crippen molar-refractivity contribution in [2.45, 2.75) is 25.0 Å². The van der Waals surface area contributed by atoms with E-state index in [2.05, 4.69) is 0 Å². The summed E-state index contributed by atoms with van der Waals surface area (Å²) in [5, 5.41) is 10.9. The van der Waals surface area contributed by atoms with E-state index < -0.39 is 18.1 Å². The number of methoxy groups -OCH3 is 1. The van der Waals surface area contributed by atoms with E-state index in [1.807, 2.05) is 4.90 Å². The van der Waals surface area contributed by atoms with E-state index in [4.69, 9.17) is 27.9 Å². The largest absolute Gasteiger partial charge is 0.468 e. The summed E-state index contributed by atoms with van der Waals surface area (Å²) in [7, 11) is 1.30. The molecule has 8 nitrogen and oxygen atoms in total. The quantitative estimate of drug-likeness (QED) is 0.488. The molecule has 1 aromatic rings. The third-order valence-electron chi connectivity index (χ3n) is 5.83. The highest BCUT2D eigenvalue weighted by Gasteiger charge is 2.39. The number of aliphatic hydroxyl groups is 1. The molecule has 32 heavy (non-hydrogen) atoms. The predicted octanol–water partition coefficient (Wildman–Crippen LogP) is 1.68. The summed E-state index contributed by atoms with van der Waals surface area (Å²) in [4.78, 5) is 42.3. The Morgan fingerprint density at radius 1 is 1.16 bits per heavy atom. The van der Waals surface area contributed by atoms with Crippen LogP contribution in [0.4, 0.5) is 0 Å². The first-order valence-electron chi connectivity index (χ1n) is 10.5. The zero-order valence-corrected chi connectivity index (χ0v) is 19.4. The monoisotopic (exact) mass is 483 g/mol. The van der Waals surface area contributed by atoms with Gasteiger partial charge in [0.2, 0.25) is 11.8 Å². The molecule has 0 radical (unpaired) electrons. The summed E-state index contributed by atoms with van der Waals surface area (Å²) in [5.74, 6) is -0.690. The smallest absolute Gasteiger partial charge is 0.325 e. The first-order valence-corrected chi connectivity index (χ1v) is 11.3. The van der Waals surface area contributed by atoms with Crippen LogP contribution in [0, 0.1) is 0 Å². The van der Waals surface area contributed by atoms with Gasteiger partial charge >= 0.3 is 5.97 Å². The Morgan fingerprint density at radius 3 is 2.66 bits per heavy atom. The summed E-state index contributed by atoms with van der Waals surface area (Å²) in [6.45, 7) is 2.60. The van der Waals surface area contributed by atoms with E-state index in [-0.39, 0.29) is 18.2 Å². The van der Waals surface area contributed by atoms with Crippen LogP contribution in [0.3, 0.4) is 0 Å². The lowest BCUT2D eigenvalue weighted by Crippen LogP contribution is -2.46. The molecule has 1 N–H and O–H groups in total. The van der Waals surface area contributed by atoms with Crippen molar-refractivity contribution in [3.8, 4) is 0 Å². The van der Waals surface area contributed by atoms with Crippen LogP contribution in [0.25, 0.3) is 6.08 Å². The molecule has 0 saturated carbocycles. The maximum atomic E-state index is 12.6. The van der Waals surface area contributed by atoms with Crippen LogP contribution in [0.5, 0.6) is 0 Å². The van der Waals surface area contributed by atoms with Crippen LogP contribution in [0.1, 0.15) is 18.4 Å². The van der Waals surface area contributed by atoms with E-state index in [0.717, 1.165) is 5.56 Å². The summed E-state index contributed by atoms with van der Waals surface area (Å²) in [6.07, 6.45) is 3.08. The second kappa shape index (κ2) is 11.1. The molecule has 2 aliphatic heterocycles. The molecule has 2 amide bonds. The number of benzene rings is 1. The number of rotatable bonds is 6. The average Bonchev–Trinajstić information content (AvgIpc) is 3.04. The van der Waals surface area contributed by atoms with Gasteiger partial charge in [-0.25, -0.2) is 0 Å². The van der Waals surface area contributed by atoms with Gasteiger partial charge in [0.25, 0.3) is 0 Å². The zero-order chi connectivity index (χ0) is 23.3. The van der Waals surface area contributed by atoms with Gasteiger partial charge in [-0.2, -0.15) is 0 Å². The average molecular weight is 484 g/mol. The molecule has 174 valence electrons. The van der Waals surface area contributed by atoms with Gasteiger partial charge in [0.05, 0.1) is 23.3 Å². The maximum absolute atomic E-state index is 12.6. The van der Waals surface area contributed by atoms with Gasteiger partial charge in [-0.05, 0) is 30.2 Å². The molecule has 0 aliphatic carbocycles. The Kier molecular flexibility index (Phi) is 8.53. The van der Waals surface area contributed by atoms with Gasteiger partial charge in [-0.15, -0.1) is 0 Å². The highest BCUT2D eigenvalue weighted by molar-refractivity contribution is 6.42. The van der Waals surface area contributed by atoms with Crippen molar-refractivity contribution < 1.29 is 24.2 Å². The number of likely N-dealkylation sites (tertiary alicyclic amines) is 1. The van der Waals surface area contributed by atoms with Crippen molar-refractivity contribution in [3.63, 3.8) is 0 Å². The Morgan fingerprint density at radius 2 is 1.94 bits per heavy atom. The van der Waals surface area contributed by atoms with Crippen LogP contribution >= 0.6 is 23.2 Å². The Bertz CT molecular complexity index is 894. The van der Waals surface area contributed by atoms with E-state index in [1.165, 1.54) is 13.2 Å². The van der Waals surface area contributed by atoms with Crippen LogP contribution in [0.15, 0.2) is 24.3 Å². The molecule has 0 unspecified atom stereocenters. The van der Waals surface area contributed by atoms with Crippen LogP contribution in [-0.4, -0.2) is 96.1 Å². The SMILES string of the molecule is COC(=O)[C@@H]1[C@@H](O)CCN1CCN1CCN(C(=O)/C=C/c2ccc(Cl)c(Cl)c2)CCC1=O. The number of hydrogen-bond donors (Lipinski definition) is 1. The second-order valence-electron chi connectivity index (χ2n) is 7.82. The van der Waals surface area contributed by atoms with Gasteiger partial charge in [0, 0.05) is 51.8 Å². The number of carbonyl (C=O) groups excluding carboxylic acids is 3. The molecule has 0 aromatic heterocycles. The first kappa shape index (κ1) is 24.5. The molecule has 1 aromatic carbocycles. The third kappa shape index (κ3) is 6.01. The lowest BCUT2D eigenvalue weighted by molar-refractivity contribution is -0.148. The molecule has 0 spiro atoms. The van der Waals surface area contributed by atoms with Gasteiger partial charge in [-0.3, -0.25) is 19.3 Å². The molecule has 2 aliphatic rings. The van der Waals surface area contributed by atoms with Crippen molar-refractivity contribution >= 4 is 47.1 Å². The number of hydrogen-bond acceptors (Lipinski definition) is 6. The topological polar surface area (TPSA) is 90.4 Å². The second-order valence-corrected chi connectivity index (χ2v) is 8.64. The molecular formula is C22H27Cl2N3O5. The number of esters is 1. The molecule has 10 heteroatoms. The van der Waals surface area contributed by atoms with Crippen molar-refractivity contribution in [1.82, 2.24) is 14.7 Å². The lowest BCUT2D eigenvalue weighted by Gasteiger charge is -2.27. The molecule has 2 atom stereocenters. The molecule has 3 rings (SSSR count). The summed E-state index contributed by atoms with van der Waals surface area (Å²) < 4.78 is 4.79. The minimum atomic E-state index is -0.766. The minimum Gasteiger partial charge on any atom is -0.468 e. The van der Waals surface area contributed by atoms with E-state index in [0.29, 0.717) is 55.7 Å². The number of aliphatic hydroxyl groups excluding tert-OH is 1. The summed E-state index contributed by atoms with van der Waals surface area (Å²) in [6, 6.07) is 4.41. The fourth-order valence-electron chi connectivity index (χ4n) is 3.98. The standard InChI is InChI=1S/C22H27Cl2N3O5/c1-32-22(31)21-18(28)6-8-27(21)13-12-26-11-10-25(9-7-20(26)30)19(29)5-3-15-2-4-16(23)17(24)14-15/h2-5,14,18,21,28H,6-13H2,1H3/b5-3+/t18-,21-/m0/s1. The predicted molar refractivity (Wildman–Crippen MR) is 121 cm³/mol. The number of ether oxygens (including phenoxy) is 1. The number of nitrogens with zero attached hydrogens (tertiary/aromatic N) is 3. The van der Waals surface area contributed by atoms with Crippen LogP contribution in [0.2, 0.25) is 10.0 Å². The maximum Gasteiger partial charge on any atom is 0.325 e. The van der Waals surface area contributed by atoms with Crippen molar-refractivity contribution in [3.05, 3.63) is 39.9 Å². The third-order valence-corrected chi connectivity index (χ3v) is 6.57. The zero-order valence-electron chi connectivity index (χ0n) is 17.9. The van der Waals surface area contributed by atoms with Crippen LogP contribution < -0.4 is 0 Å². The number of halogens is 2. The molecule has 2 fully saturated rings. The Balaban J connectivity index is 1.54. The normalized spacial score (nSPS) is 22.4. The van der Waals surface area contributed by atoms with Crippen molar-refractivity contribution in [2.24, 2.45) is 0 Å². The lowest BCUT2D eigenvalue weighted by atomic mass is 10.2. The van der Waals surface area contributed by atoms with Crippen molar-refractivity contribution in [1.29, 1.82) is 0 Å². The van der Waals surface area contributed by atoms with Gasteiger partial charge < -0.3 is 19.6 Å². The highest BCUT2D eigenvalue weighted by atomic mass is 35.5. The fraction of sp³-hybridized carbons (Fsp3) is 0.500. The molecular weight excluding hydrogens is 457 g/mol. The van der Waals surface area contributed by atoms with E-state index in [1.54, 1.807) is 34.1 Å². The van der Waals surface area contributed by atoms with Gasteiger partial charge in [-0.1, -0.05) is 29.3 Å². The summed E-state index contributed by atoms with van der Waals surface area (Å²) in [5.41, 5.74) is 0.758. The number of carbonyl (C=O) groups is 3.